The van der Waals surface area contributed by atoms with Crippen LogP contribution in [0, 0.1) is 6.92 Å². The summed E-state index contributed by atoms with van der Waals surface area (Å²) in [4.78, 5) is 3.30. The maximum Gasteiger partial charge on any atom is 0.128 e. The van der Waals surface area contributed by atoms with Crippen molar-refractivity contribution in [3.63, 3.8) is 0 Å². The van der Waals surface area contributed by atoms with Gasteiger partial charge in [-0.15, -0.1) is 0 Å². The number of aromatic amines is 1. The molecule has 0 saturated carbocycles. The molecule has 3 heteroatoms. The van der Waals surface area contributed by atoms with Gasteiger partial charge in [0, 0.05) is 5.39 Å². The molecule has 0 saturated heterocycles. The van der Waals surface area contributed by atoms with Gasteiger partial charge in [-0.1, -0.05) is 24.3 Å². The molecular weight excluding hydrogens is 236 g/mol. The van der Waals surface area contributed by atoms with Crippen molar-refractivity contribution in [2.24, 2.45) is 0 Å². The Morgan fingerprint density at radius 3 is 2.74 bits per heavy atom. The molecule has 0 amide bonds. The Hall–Kier alpha value is -2.42. The van der Waals surface area contributed by atoms with Crippen molar-refractivity contribution in [3.05, 3.63) is 59.8 Å². The lowest BCUT2D eigenvalue weighted by atomic mass is 10.2. The lowest BCUT2D eigenvalue weighted by Crippen LogP contribution is -1.95. The zero-order valence-corrected chi connectivity index (χ0v) is 10.8. The number of rotatable bonds is 3. The molecule has 0 aliphatic heterocycles. The highest BCUT2D eigenvalue weighted by Gasteiger charge is 2.04. The van der Waals surface area contributed by atoms with Gasteiger partial charge in [0.15, 0.2) is 0 Å². The summed E-state index contributed by atoms with van der Waals surface area (Å²) in [7, 11) is 0. The van der Waals surface area contributed by atoms with E-state index in [9.17, 15) is 0 Å². The van der Waals surface area contributed by atoms with Crippen LogP contribution in [0.5, 0.6) is 5.75 Å². The summed E-state index contributed by atoms with van der Waals surface area (Å²) in [6, 6.07) is 16.0. The van der Waals surface area contributed by atoms with Gasteiger partial charge in [0.25, 0.3) is 0 Å². The topological polar surface area (TPSA) is 51.0 Å². The molecule has 96 valence electrons. The number of H-pyrrole nitrogens is 1. The summed E-state index contributed by atoms with van der Waals surface area (Å²) in [5, 5.41) is 1.11. The highest BCUT2D eigenvalue weighted by atomic mass is 16.5. The number of aromatic nitrogens is 1. The van der Waals surface area contributed by atoms with Gasteiger partial charge in [0.05, 0.1) is 16.9 Å². The van der Waals surface area contributed by atoms with Crippen molar-refractivity contribution in [1.82, 2.24) is 4.98 Å². The van der Waals surface area contributed by atoms with E-state index in [4.69, 9.17) is 10.5 Å². The van der Waals surface area contributed by atoms with Gasteiger partial charge < -0.3 is 15.5 Å². The van der Waals surface area contributed by atoms with Gasteiger partial charge in [-0.2, -0.15) is 0 Å². The van der Waals surface area contributed by atoms with Crippen molar-refractivity contribution < 1.29 is 4.74 Å². The first-order valence-corrected chi connectivity index (χ1v) is 6.28. The molecule has 0 bridgehead atoms. The molecule has 1 heterocycles. The molecule has 0 atom stereocenters. The molecule has 2 aromatic carbocycles. The van der Waals surface area contributed by atoms with E-state index in [-0.39, 0.29) is 0 Å². The van der Waals surface area contributed by atoms with Gasteiger partial charge in [-0.3, -0.25) is 0 Å². The third-order valence-corrected chi connectivity index (χ3v) is 3.13. The average molecular weight is 252 g/mol. The Balaban J connectivity index is 1.80. The van der Waals surface area contributed by atoms with Gasteiger partial charge >= 0.3 is 0 Å². The van der Waals surface area contributed by atoms with Crippen LogP contribution in [0.25, 0.3) is 10.9 Å². The quantitative estimate of drug-likeness (QED) is 0.699. The largest absolute Gasteiger partial charge is 0.487 e. The van der Waals surface area contributed by atoms with Gasteiger partial charge in [0.1, 0.15) is 12.4 Å². The Morgan fingerprint density at radius 1 is 1.11 bits per heavy atom. The van der Waals surface area contributed by atoms with Crippen molar-refractivity contribution in [2.45, 2.75) is 13.5 Å². The molecular formula is C16H16N2O. The number of ether oxygens (including phenoxy) is 1. The minimum absolute atomic E-state index is 0.511. The smallest absolute Gasteiger partial charge is 0.128 e. The van der Waals surface area contributed by atoms with Crippen LogP contribution in [0.4, 0.5) is 5.69 Å². The highest BCUT2D eigenvalue weighted by Crippen LogP contribution is 2.22. The second kappa shape index (κ2) is 4.69. The zero-order chi connectivity index (χ0) is 13.2. The van der Waals surface area contributed by atoms with Crippen molar-refractivity contribution in [2.75, 3.05) is 5.73 Å². The van der Waals surface area contributed by atoms with Crippen LogP contribution in [0.15, 0.2) is 48.5 Å². The maximum atomic E-state index is 5.92. The molecule has 3 N–H and O–H groups in total. The third kappa shape index (κ3) is 2.40. The van der Waals surface area contributed by atoms with Crippen LogP contribution in [-0.2, 0) is 6.61 Å². The minimum atomic E-state index is 0.511. The Morgan fingerprint density at radius 2 is 1.95 bits per heavy atom. The van der Waals surface area contributed by atoms with Crippen LogP contribution >= 0.6 is 0 Å². The summed E-state index contributed by atoms with van der Waals surface area (Å²) in [6.45, 7) is 2.56. The maximum absolute atomic E-state index is 5.92. The summed E-state index contributed by atoms with van der Waals surface area (Å²) in [5.74, 6) is 0.881. The standard InChI is InChI=1S/C16H16N2O/c1-11-4-2-6-14(8-11)19-10-13-9-12-5-3-7-15(17)16(12)18-13/h2-9,18H,10,17H2,1H3. The van der Waals surface area contributed by atoms with Gasteiger partial charge in [0.2, 0.25) is 0 Å². The molecule has 0 fully saturated rings. The van der Waals surface area contributed by atoms with Gasteiger partial charge in [-0.05, 0) is 36.8 Å². The van der Waals surface area contributed by atoms with Gasteiger partial charge in [-0.25, -0.2) is 0 Å². The third-order valence-electron chi connectivity index (χ3n) is 3.13. The monoisotopic (exact) mass is 252 g/mol. The van der Waals surface area contributed by atoms with Crippen LogP contribution < -0.4 is 10.5 Å². The van der Waals surface area contributed by atoms with E-state index >= 15 is 0 Å². The molecule has 0 unspecified atom stereocenters. The van der Waals surface area contributed by atoms with E-state index in [0.717, 1.165) is 28.0 Å². The fourth-order valence-electron chi connectivity index (χ4n) is 2.18. The fraction of sp³-hybridized carbons (Fsp3) is 0.125. The zero-order valence-electron chi connectivity index (χ0n) is 10.8. The number of fused-ring (bicyclic) bond motifs is 1. The second-order valence-electron chi connectivity index (χ2n) is 4.71. The van der Waals surface area contributed by atoms with E-state index in [2.05, 4.69) is 24.0 Å². The van der Waals surface area contributed by atoms with Crippen molar-refractivity contribution in [1.29, 1.82) is 0 Å². The van der Waals surface area contributed by atoms with Crippen LogP contribution in [0.1, 0.15) is 11.3 Å². The Kier molecular flexibility index (Phi) is 2.88. The number of nitrogens with one attached hydrogen (secondary N) is 1. The first-order valence-electron chi connectivity index (χ1n) is 6.28. The highest BCUT2D eigenvalue weighted by molar-refractivity contribution is 5.90. The molecule has 3 aromatic rings. The van der Waals surface area contributed by atoms with E-state index < -0.39 is 0 Å². The SMILES string of the molecule is Cc1cccc(OCc2cc3cccc(N)c3[nH]2)c1. The number of aryl methyl sites for hydroxylation is 1. The normalized spacial score (nSPS) is 10.8. The Labute approximate surface area is 112 Å². The van der Waals surface area contributed by atoms with Crippen LogP contribution in [0.3, 0.4) is 0 Å². The molecule has 3 rings (SSSR count). The van der Waals surface area contributed by atoms with E-state index in [0.29, 0.717) is 6.61 Å². The number of hydrogen-bond acceptors (Lipinski definition) is 2. The average Bonchev–Trinajstić information content (AvgIpc) is 2.81. The molecule has 0 spiro atoms. The number of benzene rings is 2. The van der Waals surface area contributed by atoms with E-state index in [1.54, 1.807) is 0 Å². The molecule has 3 nitrogen and oxygen atoms in total. The molecule has 0 radical (unpaired) electrons. The van der Waals surface area contributed by atoms with E-state index in [1.807, 2.05) is 36.4 Å². The first kappa shape index (κ1) is 11.7. The lowest BCUT2D eigenvalue weighted by molar-refractivity contribution is 0.302. The molecule has 0 aliphatic carbocycles. The van der Waals surface area contributed by atoms with Crippen LogP contribution in [-0.4, -0.2) is 4.98 Å². The number of hydrogen-bond donors (Lipinski definition) is 2. The molecule has 0 aliphatic rings. The number of para-hydroxylation sites is 1. The number of anilines is 1. The lowest BCUT2D eigenvalue weighted by Gasteiger charge is -2.05. The summed E-state index contributed by atoms with van der Waals surface area (Å²) in [6.07, 6.45) is 0. The fourth-order valence-corrected chi connectivity index (χ4v) is 2.18. The predicted molar refractivity (Wildman–Crippen MR) is 78.2 cm³/mol. The van der Waals surface area contributed by atoms with E-state index in [1.165, 1.54) is 5.56 Å². The van der Waals surface area contributed by atoms with Crippen LogP contribution in [0.2, 0.25) is 0 Å². The molecule has 19 heavy (non-hydrogen) atoms. The first-order chi connectivity index (χ1) is 9.22. The minimum Gasteiger partial charge on any atom is -0.487 e. The van der Waals surface area contributed by atoms with Crippen molar-refractivity contribution >= 4 is 16.6 Å². The summed E-state index contributed by atoms with van der Waals surface area (Å²) < 4.78 is 5.77. The number of nitrogen functional groups attached to an aromatic ring is 1. The second-order valence-corrected chi connectivity index (χ2v) is 4.71. The summed E-state index contributed by atoms with van der Waals surface area (Å²) in [5.41, 5.74) is 9.88. The number of nitrogens with two attached hydrogens (primary N) is 1. The Bertz CT molecular complexity index is 716. The summed E-state index contributed by atoms with van der Waals surface area (Å²) >= 11 is 0. The predicted octanol–water partition coefficient (Wildman–Crippen LogP) is 3.64. The molecule has 1 aromatic heterocycles. The van der Waals surface area contributed by atoms with Crippen molar-refractivity contribution in [3.8, 4) is 5.75 Å².